The molecule has 3 nitrogen and oxygen atoms in total. The number of alkyl halides is 3. The summed E-state index contributed by atoms with van der Waals surface area (Å²) < 4.78 is 36.9. The van der Waals surface area contributed by atoms with Gasteiger partial charge in [0.05, 0.1) is 12.3 Å². The molecule has 0 aliphatic carbocycles. The lowest BCUT2D eigenvalue weighted by Crippen LogP contribution is -2.12. The molecule has 0 fully saturated rings. The van der Waals surface area contributed by atoms with Gasteiger partial charge in [-0.15, -0.1) is 0 Å². The van der Waals surface area contributed by atoms with Gasteiger partial charge in [0.15, 0.2) is 0 Å². The summed E-state index contributed by atoms with van der Waals surface area (Å²) in [6.45, 7) is -0.482. The number of aromatic nitrogens is 2. The van der Waals surface area contributed by atoms with Gasteiger partial charge >= 0.3 is 6.18 Å². The molecule has 12 heavy (non-hydrogen) atoms. The standard InChI is InChI=1S/C6H7F3N2O/c1-11-2-4(3-12)10-5(11)6(7,8)9/h2,12H,3H2,1H3. The van der Waals surface area contributed by atoms with E-state index in [1.54, 1.807) is 0 Å². The Morgan fingerprint density at radius 2 is 2.17 bits per heavy atom. The second-order valence-corrected chi connectivity index (χ2v) is 2.32. The number of hydrogen-bond donors (Lipinski definition) is 1. The smallest absolute Gasteiger partial charge is 0.390 e. The Morgan fingerprint density at radius 3 is 2.42 bits per heavy atom. The maximum absolute atomic E-state index is 12.0. The van der Waals surface area contributed by atoms with Gasteiger partial charge in [-0.1, -0.05) is 0 Å². The maximum atomic E-state index is 12.0. The van der Waals surface area contributed by atoms with Crippen molar-refractivity contribution in [2.24, 2.45) is 7.05 Å². The van der Waals surface area contributed by atoms with Gasteiger partial charge in [0.25, 0.3) is 0 Å². The van der Waals surface area contributed by atoms with Crippen molar-refractivity contribution in [3.63, 3.8) is 0 Å². The van der Waals surface area contributed by atoms with Crippen molar-refractivity contribution >= 4 is 0 Å². The largest absolute Gasteiger partial charge is 0.449 e. The predicted molar refractivity (Wildman–Crippen MR) is 34.1 cm³/mol. The summed E-state index contributed by atoms with van der Waals surface area (Å²) in [5, 5.41) is 8.50. The third-order valence-electron chi connectivity index (χ3n) is 1.34. The van der Waals surface area contributed by atoms with Crippen LogP contribution in [0.2, 0.25) is 0 Å². The Bertz CT molecular complexity index is 279. The average molecular weight is 180 g/mol. The maximum Gasteiger partial charge on any atom is 0.449 e. The lowest BCUT2D eigenvalue weighted by molar-refractivity contribution is -0.146. The molecule has 1 heterocycles. The highest BCUT2D eigenvalue weighted by atomic mass is 19.4. The summed E-state index contributed by atoms with van der Waals surface area (Å²) in [6, 6.07) is 0. The zero-order chi connectivity index (χ0) is 9.35. The number of aliphatic hydroxyl groups excluding tert-OH is 1. The number of halogens is 3. The highest BCUT2D eigenvalue weighted by Crippen LogP contribution is 2.27. The minimum absolute atomic E-state index is 0.0184. The molecule has 0 atom stereocenters. The van der Waals surface area contributed by atoms with Crippen LogP contribution >= 0.6 is 0 Å². The van der Waals surface area contributed by atoms with Gasteiger partial charge in [-0.3, -0.25) is 0 Å². The SMILES string of the molecule is Cn1cc(CO)nc1C(F)(F)F. The van der Waals surface area contributed by atoms with Crippen molar-refractivity contribution in [3.05, 3.63) is 17.7 Å². The van der Waals surface area contributed by atoms with Crippen LogP contribution in [0.1, 0.15) is 11.5 Å². The number of hydrogen-bond acceptors (Lipinski definition) is 2. The molecular formula is C6H7F3N2O. The molecule has 6 heteroatoms. The minimum atomic E-state index is -4.46. The first-order valence-electron chi connectivity index (χ1n) is 3.15. The second-order valence-electron chi connectivity index (χ2n) is 2.32. The summed E-state index contributed by atoms with van der Waals surface area (Å²) >= 11 is 0. The van der Waals surface area contributed by atoms with Crippen LogP contribution in [0.3, 0.4) is 0 Å². The van der Waals surface area contributed by atoms with E-state index < -0.39 is 18.6 Å². The predicted octanol–water partition coefficient (Wildman–Crippen LogP) is 0.931. The Kier molecular flexibility index (Phi) is 2.10. The monoisotopic (exact) mass is 180 g/mol. The van der Waals surface area contributed by atoms with Crippen molar-refractivity contribution in [2.45, 2.75) is 12.8 Å². The average Bonchev–Trinajstić information content (AvgIpc) is 2.29. The number of imidazole rings is 1. The van der Waals surface area contributed by atoms with Crippen molar-refractivity contribution in [1.82, 2.24) is 9.55 Å². The molecule has 68 valence electrons. The molecule has 0 saturated carbocycles. The highest BCUT2D eigenvalue weighted by molar-refractivity contribution is 5.05. The van der Waals surface area contributed by atoms with E-state index in [2.05, 4.69) is 4.98 Å². The van der Waals surface area contributed by atoms with Crippen LogP contribution in [0.5, 0.6) is 0 Å². The molecule has 0 aromatic carbocycles. The van der Waals surface area contributed by atoms with Crippen LogP contribution in [0.15, 0.2) is 6.20 Å². The van der Waals surface area contributed by atoms with Crippen LogP contribution in [-0.2, 0) is 19.8 Å². The van der Waals surface area contributed by atoms with E-state index in [1.807, 2.05) is 0 Å². The second kappa shape index (κ2) is 2.78. The zero-order valence-corrected chi connectivity index (χ0v) is 6.26. The third kappa shape index (κ3) is 1.58. The molecule has 0 radical (unpaired) electrons. The van der Waals surface area contributed by atoms with Crippen LogP contribution < -0.4 is 0 Å². The third-order valence-corrected chi connectivity index (χ3v) is 1.34. The summed E-state index contributed by atoms with van der Waals surface area (Å²) in [4.78, 5) is 3.19. The molecule has 0 amide bonds. The Labute approximate surface area is 66.5 Å². The van der Waals surface area contributed by atoms with E-state index in [0.29, 0.717) is 0 Å². The van der Waals surface area contributed by atoms with Crippen molar-refractivity contribution in [2.75, 3.05) is 0 Å². The molecule has 0 saturated heterocycles. The first-order valence-corrected chi connectivity index (χ1v) is 3.15. The first kappa shape index (κ1) is 9.05. The molecular weight excluding hydrogens is 173 g/mol. The zero-order valence-electron chi connectivity index (χ0n) is 6.26. The Balaban J connectivity index is 3.08. The van der Waals surface area contributed by atoms with Crippen molar-refractivity contribution in [3.8, 4) is 0 Å². The Hall–Kier alpha value is -1.04. The summed E-state index contributed by atoms with van der Waals surface area (Å²) in [5.41, 5.74) is 0.0184. The lowest BCUT2D eigenvalue weighted by Gasteiger charge is -2.04. The van der Waals surface area contributed by atoms with Crippen molar-refractivity contribution in [1.29, 1.82) is 0 Å². The van der Waals surface area contributed by atoms with Gasteiger partial charge in [-0.2, -0.15) is 13.2 Å². The van der Waals surface area contributed by atoms with E-state index >= 15 is 0 Å². The molecule has 0 aliphatic heterocycles. The van der Waals surface area contributed by atoms with Gasteiger partial charge in [0, 0.05) is 13.2 Å². The van der Waals surface area contributed by atoms with Crippen LogP contribution in [0.4, 0.5) is 13.2 Å². The van der Waals surface area contributed by atoms with Crippen LogP contribution in [0, 0.1) is 0 Å². The molecule has 0 aliphatic rings. The molecule has 0 unspecified atom stereocenters. The van der Waals surface area contributed by atoms with Crippen molar-refractivity contribution < 1.29 is 18.3 Å². The van der Waals surface area contributed by atoms with Crippen LogP contribution in [0.25, 0.3) is 0 Å². The quantitative estimate of drug-likeness (QED) is 0.698. The molecule has 1 aromatic rings. The molecule has 1 rings (SSSR count). The van der Waals surface area contributed by atoms with E-state index in [1.165, 1.54) is 7.05 Å². The molecule has 1 aromatic heterocycles. The van der Waals surface area contributed by atoms with Gasteiger partial charge in [-0.25, -0.2) is 4.98 Å². The number of rotatable bonds is 1. The van der Waals surface area contributed by atoms with Crippen LogP contribution in [-0.4, -0.2) is 14.7 Å². The van der Waals surface area contributed by atoms with E-state index in [9.17, 15) is 13.2 Å². The summed E-state index contributed by atoms with van der Waals surface area (Å²) in [6.07, 6.45) is -3.31. The van der Waals surface area contributed by atoms with Gasteiger partial charge in [-0.05, 0) is 0 Å². The molecule has 0 spiro atoms. The number of nitrogens with zero attached hydrogens (tertiary/aromatic N) is 2. The number of aliphatic hydroxyl groups is 1. The summed E-state index contributed by atoms with van der Waals surface area (Å²) in [7, 11) is 1.23. The molecule has 0 bridgehead atoms. The lowest BCUT2D eigenvalue weighted by atomic mass is 10.5. The fourth-order valence-electron chi connectivity index (χ4n) is 0.868. The van der Waals surface area contributed by atoms with E-state index in [-0.39, 0.29) is 5.69 Å². The molecule has 1 N–H and O–H groups in total. The van der Waals surface area contributed by atoms with Gasteiger partial charge in [0.2, 0.25) is 5.82 Å². The normalized spacial score (nSPS) is 12.1. The number of aryl methyl sites for hydroxylation is 1. The fourth-order valence-corrected chi connectivity index (χ4v) is 0.868. The van der Waals surface area contributed by atoms with Gasteiger partial charge in [0.1, 0.15) is 0 Å². The fraction of sp³-hybridized carbons (Fsp3) is 0.500. The van der Waals surface area contributed by atoms with E-state index in [4.69, 9.17) is 5.11 Å². The van der Waals surface area contributed by atoms with Gasteiger partial charge < -0.3 is 9.67 Å². The first-order chi connectivity index (χ1) is 5.45. The summed E-state index contributed by atoms with van der Waals surface area (Å²) in [5.74, 6) is -0.994. The minimum Gasteiger partial charge on any atom is -0.390 e. The topological polar surface area (TPSA) is 38.0 Å². The highest BCUT2D eigenvalue weighted by Gasteiger charge is 2.35. The Morgan fingerprint density at radius 1 is 1.58 bits per heavy atom. The van der Waals surface area contributed by atoms with E-state index in [0.717, 1.165) is 10.8 Å².